The first kappa shape index (κ1) is 23.9. The lowest BCUT2D eigenvalue weighted by Crippen LogP contribution is -2.32. The van der Waals surface area contributed by atoms with Crippen LogP contribution in [0.4, 0.5) is 10.1 Å². The third kappa shape index (κ3) is 4.84. The first-order valence-electron chi connectivity index (χ1n) is 11.2. The quantitative estimate of drug-likeness (QED) is 0.544. The summed E-state index contributed by atoms with van der Waals surface area (Å²) in [5.41, 5.74) is 2.51. The van der Waals surface area contributed by atoms with Crippen molar-refractivity contribution in [2.24, 2.45) is 11.8 Å². The van der Waals surface area contributed by atoms with Gasteiger partial charge in [0.1, 0.15) is 17.2 Å². The van der Waals surface area contributed by atoms with Crippen LogP contribution in [0, 0.1) is 29.0 Å². The van der Waals surface area contributed by atoms with Gasteiger partial charge in [0.2, 0.25) is 0 Å². The summed E-state index contributed by atoms with van der Waals surface area (Å²) in [6.45, 7) is 4.19. The Balaban J connectivity index is 1.61. The van der Waals surface area contributed by atoms with Gasteiger partial charge < -0.3 is 10.4 Å². The predicted octanol–water partition coefficient (Wildman–Crippen LogP) is 4.42. The maximum atomic E-state index is 14.6. The van der Waals surface area contributed by atoms with Gasteiger partial charge in [0.05, 0.1) is 29.6 Å². The highest BCUT2D eigenvalue weighted by molar-refractivity contribution is 7.28. The van der Waals surface area contributed by atoms with Gasteiger partial charge in [0, 0.05) is 11.8 Å². The minimum absolute atomic E-state index is 0.0340. The zero-order chi connectivity index (χ0) is 24.4. The van der Waals surface area contributed by atoms with Crippen LogP contribution in [-0.2, 0) is 0 Å². The molecule has 3 aromatic rings. The van der Waals surface area contributed by atoms with Crippen molar-refractivity contribution in [3.8, 4) is 17.3 Å². The number of rotatable bonds is 4. The number of benzene rings is 1. The van der Waals surface area contributed by atoms with Crippen LogP contribution < -0.4 is 10.6 Å². The zero-order valence-corrected chi connectivity index (χ0v) is 20.1. The Morgan fingerprint density at radius 3 is 2.74 bits per heavy atom. The molecule has 6 nitrogen and oxygen atoms in total. The summed E-state index contributed by atoms with van der Waals surface area (Å²) in [4.78, 5) is 21.5. The largest absolute Gasteiger partial charge is 0.393 e. The van der Waals surface area contributed by atoms with Crippen molar-refractivity contribution in [1.82, 2.24) is 9.97 Å². The van der Waals surface area contributed by atoms with E-state index in [1.165, 1.54) is 12.1 Å². The molecule has 174 valence electrons. The normalized spacial score (nSPS) is 22.1. The Morgan fingerprint density at radius 1 is 1.24 bits per heavy atom. The Hall–Kier alpha value is -3.20. The number of nitriles is 1. The fourth-order valence-corrected chi connectivity index (χ4v) is 4.97. The maximum absolute atomic E-state index is 14.6. The van der Waals surface area contributed by atoms with Gasteiger partial charge in [-0.1, -0.05) is 19.9 Å². The lowest BCUT2D eigenvalue weighted by molar-refractivity contribution is 0.0384. The fraction of sp³-hybridized carbons (Fsp3) is 0.308. The lowest BCUT2D eigenvalue weighted by Gasteiger charge is -2.37. The molecule has 5 unspecified atom stereocenters. The van der Waals surface area contributed by atoms with Gasteiger partial charge in [-0.15, -0.1) is 9.24 Å². The van der Waals surface area contributed by atoms with Crippen molar-refractivity contribution in [2.45, 2.75) is 38.7 Å². The Kier molecular flexibility index (Phi) is 7.02. The van der Waals surface area contributed by atoms with Gasteiger partial charge in [0.15, 0.2) is 0 Å². The molecule has 0 spiro atoms. The third-order valence-corrected chi connectivity index (χ3v) is 7.22. The summed E-state index contributed by atoms with van der Waals surface area (Å²) in [5.74, 6) is -0.379. The van der Waals surface area contributed by atoms with Crippen molar-refractivity contribution >= 4 is 26.1 Å². The second kappa shape index (κ2) is 9.97. The van der Waals surface area contributed by atoms with E-state index in [2.05, 4.69) is 38.4 Å². The number of aromatic nitrogens is 2. The molecule has 4 rings (SSSR count). The number of aliphatic hydroxyl groups excluding tert-OH is 1. The highest BCUT2D eigenvalue weighted by Crippen LogP contribution is 2.41. The number of carbonyl (C=O) groups is 1. The van der Waals surface area contributed by atoms with E-state index in [1.54, 1.807) is 30.6 Å². The summed E-state index contributed by atoms with van der Waals surface area (Å²) in [7, 11) is 2.47. The van der Waals surface area contributed by atoms with Crippen molar-refractivity contribution < 1.29 is 14.3 Å². The summed E-state index contributed by atoms with van der Waals surface area (Å²) in [6.07, 6.45) is 4.39. The Morgan fingerprint density at radius 2 is 2.03 bits per heavy atom. The van der Waals surface area contributed by atoms with E-state index in [0.717, 1.165) is 12.0 Å². The van der Waals surface area contributed by atoms with E-state index < -0.39 is 17.8 Å². The molecule has 1 aliphatic rings. The molecule has 0 bridgehead atoms. The Bertz CT molecular complexity index is 1260. The summed E-state index contributed by atoms with van der Waals surface area (Å²) in [5, 5.41) is 23.0. The average molecular weight is 476 g/mol. The van der Waals surface area contributed by atoms with E-state index >= 15 is 0 Å². The molecule has 0 aliphatic heterocycles. The number of pyridine rings is 2. The second-order valence-electron chi connectivity index (χ2n) is 8.93. The van der Waals surface area contributed by atoms with Gasteiger partial charge in [-0.05, 0) is 71.8 Å². The van der Waals surface area contributed by atoms with E-state index in [1.807, 2.05) is 12.1 Å². The second-order valence-corrected chi connectivity index (χ2v) is 9.55. The first-order chi connectivity index (χ1) is 16.3. The molecule has 8 heteroatoms. The van der Waals surface area contributed by atoms with Gasteiger partial charge in [-0.25, -0.2) is 9.37 Å². The molecule has 1 fully saturated rings. The average Bonchev–Trinajstić information content (AvgIpc) is 2.83. The number of hydrogen-bond donors (Lipinski definition) is 2. The van der Waals surface area contributed by atoms with Crippen LogP contribution >= 0.6 is 9.24 Å². The van der Waals surface area contributed by atoms with Crippen molar-refractivity contribution in [3.63, 3.8) is 0 Å². The standard InChI is InChI=1S/C26H26FN4O2P/c1-14-9-17(11-23(32)15(14)2)18-7-8-29-13-22(18)31-26(33)21-6-5-20(27)25(30-21)19-4-3-16(12-28)10-24(19)34/h3-8,10,13-15,17,23,32H,9,11,34H2,1-2H3,(H,31,33). The summed E-state index contributed by atoms with van der Waals surface area (Å²) < 4.78 is 14.6. The molecule has 2 heterocycles. The maximum Gasteiger partial charge on any atom is 0.274 e. The molecule has 2 aromatic heterocycles. The fourth-order valence-electron chi connectivity index (χ4n) is 4.56. The number of amides is 1. The van der Waals surface area contributed by atoms with E-state index in [9.17, 15) is 14.3 Å². The van der Waals surface area contributed by atoms with E-state index in [0.29, 0.717) is 34.5 Å². The minimum Gasteiger partial charge on any atom is -0.393 e. The van der Waals surface area contributed by atoms with Crippen LogP contribution in [0.5, 0.6) is 0 Å². The molecule has 5 atom stereocenters. The highest BCUT2D eigenvalue weighted by Gasteiger charge is 2.33. The highest BCUT2D eigenvalue weighted by atomic mass is 31.0. The number of aliphatic hydroxyl groups is 1. The SMILES string of the molecule is CC1CC(c2ccncc2NC(=O)c2ccc(F)c(-c3ccc(C#N)cc3P)n2)CC(O)C1C. The summed E-state index contributed by atoms with van der Waals surface area (Å²) in [6, 6.07) is 11.3. The molecule has 2 N–H and O–H groups in total. The molecule has 34 heavy (non-hydrogen) atoms. The van der Waals surface area contributed by atoms with E-state index in [-0.39, 0.29) is 23.2 Å². The molecule has 0 radical (unpaired) electrons. The van der Waals surface area contributed by atoms with Gasteiger partial charge in [-0.2, -0.15) is 5.26 Å². The zero-order valence-electron chi connectivity index (χ0n) is 19.0. The lowest BCUT2D eigenvalue weighted by atomic mass is 9.71. The van der Waals surface area contributed by atoms with Crippen molar-refractivity contribution in [2.75, 3.05) is 5.32 Å². The summed E-state index contributed by atoms with van der Waals surface area (Å²) >= 11 is 0. The molecular formula is C26H26FN4O2P. The van der Waals surface area contributed by atoms with Crippen LogP contribution in [0.25, 0.3) is 11.3 Å². The number of carbonyl (C=O) groups excluding carboxylic acids is 1. The number of nitrogens with zero attached hydrogens (tertiary/aromatic N) is 3. The van der Waals surface area contributed by atoms with Gasteiger partial charge >= 0.3 is 0 Å². The third-order valence-electron chi connectivity index (χ3n) is 6.74. The van der Waals surface area contributed by atoms with Gasteiger partial charge in [0.25, 0.3) is 5.91 Å². The molecular weight excluding hydrogens is 450 g/mol. The molecule has 1 aliphatic carbocycles. The van der Waals surface area contributed by atoms with E-state index in [4.69, 9.17) is 5.26 Å². The number of nitrogens with one attached hydrogen (secondary N) is 1. The monoisotopic (exact) mass is 476 g/mol. The van der Waals surface area contributed by atoms with Crippen LogP contribution in [0.3, 0.4) is 0 Å². The predicted molar refractivity (Wildman–Crippen MR) is 132 cm³/mol. The van der Waals surface area contributed by atoms with Crippen LogP contribution in [0.1, 0.15) is 54.2 Å². The molecule has 1 saturated carbocycles. The van der Waals surface area contributed by atoms with Crippen LogP contribution in [-0.4, -0.2) is 27.1 Å². The van der Waals surface area contributed by atoms with Crippen LogP contribution in [0.2, 0.25) is 0 Å². The molecule has 1 aromatic carbocycles. The number of anilines is 1. The van der Waals surface area contributed by atoms with Crippen molar-refractivity contribution in [1.29, 1.82) is 5.26 Å². The van der Waals surface area contributed by atoms with Gasteiger partial charge in [-0.3, -0.25) is 9.78 Å². The minimum atomic E-state index is -0.564. The first-order valence-corrected chi connectivity index (χ1v) is 11.8. The number of halogens is 1. The molecule has 1 amide bonds. The van der Waals surface area contributed by atoms with Crippen molar-refractivity contribution in [3.05, 3.63) is 71.4 Å². The number of hydrogen-bond acceptors (Lipinski definition) is 5. The Labute approximate surface area is 200 Å². The van der Waals surface area contributed by atoms with Crippen LogP contribution in [0.15, 0.2) is 48.8 Å². The smallest absolute Gasteiger partial charge is 0.274 e. The topological polar surface area (TPSA) is 98.9 Å². The molecule has 0 saturated heterocycles.